The standard InChI is InChI=1S/C16H26N2O17P2/c1-30-13-11(24)12(6(20)4-19)33-15(13)34-37(28,29)35-36(26,27)31-5-7-9(22)10(23)14(32-7)18-3-2-8(21)17-16(18)25/h2-3,6-7,9-15,19-20,22-24H,4-5H2,1H3,(H,26,27)(H,28,29)(H,17,21,25)/t6-,7-,9-,10-,11+,12+,13-,14-,15-/m1/s1. The normalized spacial score (nSPS) is 36.2. The lowest BCUT2D eigenvalue weighted by Gasteiger charge is -2.23. The topological polar surface area (TPSA) is 286 Å². The summed E-state index contributed by atoms with van der Waals surface area (Å²) in [7, 11) is -9.88. The Bertz CT molecular complexity index is 1140. The first-order valence-electron chi connectivity index (χ1n) is 10.4. The lowest BCUT2D eigenvalue weighted by Crippen LogP contribution is -2.41. The molecule has 1 aromatic rings. The summed E-state index contributed by atoms with van der Waals surface area (Å²) in [6, 6.07) is 0.941. The highest BCUT2D eigenvalue weighted by atomic mass is 31.3. The molecule has 0 saturated carbocycles. The second kappa shape index (κ2) is 11.8. The predicted octanol–water partition coefficient (Wildman–Crippen LogP) is -4.14. The van der Waals surface area contributed by atoms with E-state index in [1.807, 2.05) is 4.98 Å². The van der Waals surface area contributed by atoms with E-state index < -0.39 is 95.4 Å². The minimum Gasteiger partial charge on any atom is -0.394 e. The lowest BCUT2D eigenvalue weighted by atomic mass is 10.1. The fraction of sp³-hybridized carbons (Fsp3) is 0.750. The van der Waals surface area contributed by atoms with Crippen LogP contribution in [0.4, 0.5) is 0 Å². The van der Waals surface area contributed by atoms with Gasteiger partial charge in [0.15, 0.2) is 12.5 Å². The molecule has 1 aromatic heterocycles. The molecule has 0 radical (unpaired) electrons. The maximum Gasteiger partial charge on any atom is 0.483 e. The number of hydrogen-bond donors (Lipinski definition) is 8. The third-order valence-electron chi connectivity index (χ3n) is 5.38. The molecule has 2 aliphatic rings. The van der Waals surface area contributed by atoms with E-state index >= 15 is 0 Å². The van der Waals surface area contributed by atoms with Gasteiger partial charge in [0.2, 0.25) is 0 Å². The van der Waals surface area contributed by atoms with Crippen LogP contribution in [0.5, 0.6) is 0 Å². The Balaban J connectivity index is 1.61. The van der Waals surface area contributed by atoms with Gasteiger partial charge in [0.25, 0.3) is 5.56 Å². The van der Waals surface area contributed by atoms with E-state index in [1.165, 1.54) is 0 Å². The largest absolute Gasteiger partial charge is 0.483 e. The predicted molar refractivity (Wildman–Crippen MR) is 114 cm³/mol. The highest BCUT2D eigenvalue weighted by molar-refractivity contribution is 7.61. The first-order chi connectivity index (χ1) is 17.2. The fourth-order valence-corrected chi connectivity index (χ4v) is 5.77. The van der Waals surface area contributed by atoms with Gasteiger partial charge in [-0.05, 0) is 0 Å². The van der Waals surface area contributed by atoms with Gasteiger partial charge in [-0.1, -0.05) is 0 Å². The van der Waals surface area contributed by atoms with Gasteiger partial charge in [-0.2, -0.15) is 4.31 Å². The fourth-order valence-electron chi connectivity index (χ4n) is 3.61. The molecule has 212 valence electrons. The number of aromatic nitrogens is 2. The molecule has 2 saturated heterocycles. The average molecular weight is 580 g/mol. The summed E-state index contributed by atoms with van der Waals surface area (Å²) in [6.45, 7) is -1.84. The number of aromatic amines is 1. The highest BCUT2D eigenvalue weighted by Gasteiger charge is 2.52. The Morgan fingerprint density at radius 2 is 1.78 bits per heavy atom. The maximum absolute atomic E-state index is 12.3. The smallest absolute Gasteiger partial charge is 0.394 e. The van der Waals surface area contributed by atoms with Crippen molar-refractivity contribution < 1.29 is 72.0 Å². The van der Waals surface area contributed by atoms with Crippen LogP contribution < -0.4 is 11.2 Å². The van der Waals surface area contributed by atoms with Crippen LogP contribution in [0.1, 0.15) is 6.23 Å². The number of aliphatic hydroxyl groups excluding tert-OH is 5. The van der Waals surface area contributed by atoms with E-state index in [9.17, 15) is 48.9 Å². The zero-order valence-electron chi connectivity index (χ0n) is 18.8. The monoisotopic (exact) mass is 580 g/mol. The molecule has 11 atom stereocenters. The first kappa shape index (κ1) is 30.2. The Hall–Kier alpha value is -1.38. The highest BCUT2D eigenvalue weighted by Crippen LogP contribution is 2.61. The van der Waals surface area contributed by atoms with Crippen molar-refractivity contribution in [1.29, 1.82) is 0 Å². The number of aliphatic hydroxyl groups is 5. The Morgan fingerprint density at radius 3 is 2.38 bits per heavy atom. The second-order valence-electron chi connectivity index (χ2n) is 7.89. The summed E-state index contributed by atoms with van der Waals surface area (Å²) in [5.74, 6) is 0. The van der Waals surface area contributed by atoms with Gasteiger partial charge in [-0.3, -0.25) is 23.4 Å². The van der Waals surface area contributed by atoms with Gasteiger partial charge in [-0.25, -0.2) is 13.9 Å². The number of ether oxygens (including phenoxy) is 3. The number of phosphoric acid groups is 2. The molecule has 2 fully saturated rings. The van der Waals surface area contributed by atoms with Crippen LogP contribution in [0.3, 0.4) is 0 Å². The summed E-state index contributed by atoms with van der Waals surface area (Å²) in [5, 5.41) is 49.1. The molecule has 21 heteroatoms. The summed E-state index contributed by atoms with van der Waals surface area (Å²) in [6.07, 6.45) is -13.8. The molecule has 0 spiro atoms. The molecule has 2 aliphatic heterocycles. The molecule has 0 bridgehead atoms. The van der Waals surface area contributed by atoms with Crippen molar-refractivity contribution in [2.75, 3.05) is 20.3 Å². The number of hydrogen-bond acceptors (Lipinski definition) is 15. The number of rotatable bonds is 11. The summed E-state index contributed by atoms with van der Waals surface area (Å²) in [5.41, 5.74) is -1.72. The molecule has 37 heavy (non-hydrogen) atoms. The summed E-state index contributed by atoms with van der Waals surface area (Å²) < 4.78 is 53.8. The van der Waals surface area contributed by atoms with Crippen LogP contribution in [0, 0.1) is 0 Å². The molecular weight excluding hydrogens is 554 g/mol. The van der Waals surface area contributed by atoms with Crippen molar-refractivity contribution >= 4 is 15.6 Å². The Morgan fingerprint density at radius 1 is 1.11 bits per heavy atom. The van der Waals surface area contributed by atoms with Gasteiger partial charge in [0, 0.05) is 19.4 Å². The van der Waals surface area contributed by atoms with E-state index in [2.05, 4.69) is 13.4 Å². The van der Waals surface area contributed by atoms with Crippen molar-refractivity contribution in [2.24, 2.45) is 0 Å². The zero-order chi connectivity index (χ0) is 27.7. The lowest BCUT2D eigenvalue weighted by molar-refractivity contribution is -0.147. The minimum absolute atomic E-state index is 0.738. The third kappa shape index (κ3) is 6.99. The van der Waals surface area contributed by atoms with E-state index in [-0.39, 0.29) is 0 Å². The quantitative estimate of drug-likeness (QED) is 0.115. The summed E-state index contributed by atoms with van der Waals surface area (Å²) >= 11 is 0. The molecule has 3 heterocycles. The van der Waals surface area contributed by atoms with Crippen molar-refractivity contribution in [3.8, 4) is 0 Å². The number of methoxy groups -OCH3 is 1. The van der Waals surface area contributed by atoms with E-state index in [4.69, 9.17) is 19.3 Å². The van der Waals surface area contributed by atoms with Gasteiger partial charge in [0.05, 0.1) is 13.2 Å². The van der Waals surface area contributed by atoms with Crippen LogP contribution >= 0.6 is 15.6 Å². The molecule has 0 aromatic carbocycles. The molecular formula is C16H26N2O17P2. The van der Waals surface area contributed by atoms with Crippen LogP contribution in [-0.2, 0) is 36.7 Å². The van der Waals surface area contributed by atoms with Crippen molar-refractivity contribution in [3.05, 3.63) is 33.1 Å². The molecule has 0 aliphatic carbocycles. The number of nitrogens with zero attached hydrogens (tertiary/aromatic N) is 1. The van der Waals surface area contributed by atoms with Crippen LogP contribution in [0.25, 0.3) is 0 Å². The van der Waals surface area contributed by atoms with Gasteiger partial charge >= 0.3 is 21.3 Å². The average Bonchev–Trinajstić information content (AvgIpc) is 3.26. The van der Waals surface area contributed by atoms with E-state index in [1.54, 1.807) is 0 Å². The van der Waals surface area contributed by atoms with Crippen LogP contribution in [-0.4, -0.2) is 114 Å². The second-order valence-corrected chi connectivity index (χ2v) is 10.9. The van der Waals surface area contributed by atoms with Gasteiger partial charge < -0.3 is 49.5 Å². The Kier molecular flexibility index (Phi) is 9.61. The SMILES string of the molecule is CO[C@H]1[C@@H](OP(=O)(O)OP(=O)(O)OC[C@H]2O[C@@H](n3ccc(=O)[nH]c3=O)[C@H](O)[C@@H]2O)O[C@@H]([C@H](O)CO)[C@@H]1O. The molecule has 0 amide bonds. The minimum atomic E-state index is -5.50. The Labute approximate surface area is 206 Å². The maximum atomic E-state index is 12.3. The zero-order valence-corrected chi connectivity index (χ0v) is 20.6. The summed E-state index contributed by atoms with van der Waals surface area (Å²) in [4.78, 5) is 44.8. The third-order valence-corrected chi connectivity index (χ3v) is 7.98. The molecule has 19 nitrogen and oxygen atoms in total. The number of H-pyrrole nitrogens is 1. The van der Waals surface area contributed by atoms with Gasteiger partial charge in [-0.15, -0.1) is 0 Å². The van der Waals surface area contributed by atoms with Crippen LogP contribution in [0.15, 0.2) is 21.9 Å². The number of phosphoric ester groups is 2. The first-order valence-corrected chi connectivity index (χ1v) is 13.4. The van der Waals surface area contributed by atoms with Crippen molar-refractivity contribution in [2.45, 2.75) is 55.2 Å². The molecule has 2 unspecified atom stereocenters. The van der Waals surface area contributed by atoms with E-state index in [0.29, 0.717) is 0 Å². The van der Waals surface area contributed by atoms with Crippen molar-refractivity contribution in [3.63, 3.8) is 0 Å². The molecule has 3 rings (SSSR count). The van der Waals surface area contributed by atoms with Crippen LogP contribution in [0.2, 0.25) is 0 Å². The van der Waals surface area contributed by atoms with Gasteiger partial charge in [0.1, 0.15) is 42.7 Å². The van der Waals surface area contributed by atoms with Crippen molar-refractivity contribution in [1.82, 2.24) is 9.55 Å². The number of nitrogens with one attached hydrogen (secondary N) is 1. The molecule has 8 N–H and O–H groups in total. The van der Waals surface area contributed by atoms with E-state index in [0.717, 1.165) is 23.9 Å².